The van der Waals surface area contributed by atoms with Crippen LogP contribution in [0, 0.1) is 6.07 Å². The molecule has 2 aliphatic rings. The van der Waals surface area contributed by atoms with Crippen LogP contribution in [0.1, 0.15) is 64.2 Å². The van der Waals surface area contributed by atoms with Crippen molar-refractivity contribution in [1.29, 1.82) is 0 Å². The van der Waals surface area contributed by atoms with E-state index in [-0.39, 0.29) is 39.3 Å². The van der Waals surface area contributed by atoms with E-state index in [0.717, 1.165) is 0 Å². The van der Waals surface area contributed by atoms with Gasteiger partial charge in [-0.2, -0.15) is 24.3 Å². The number of benzene rings is 4. The molecule has 7 aromatic rings. The molecule has 13 heteroatoms. The number of rotatable bonds is 8. The summed E-state index contributed by atoms with van der Waals surface area (Å²) in [5, 5.41) is -2.68. The van der Waals surface area contributed by atoms with Gasteiger partial charge in [-0.1, -0.05) is 60.2 Å². The summed E-state index contributed by atoms with van der Waals surface area (Å²) in [6.45, 7) is 0. The monoisotopic (exact) mass is 916 g/mol. The molecular formula is C48H25Cl4MnN4O4-. The fourth-order valence-corrected chi connectivity index (χ4v) is 8.42. The van der Waals surface area contributed by atoms with Crippen LogP contribution in [0.15, 0.2) is 115 Å². The number of hydrogen-bond donors (Lipinski definition) is 2. The quantitative estimate of drug-likeness (QED) is 0.0888. The maximum Gasteiger partial charge on any atom is 0.253 e. The van der Waals surface area contributed by atoms with Crippen LogP contribution >= 0.6 is 46.4 Å². The Labute approximate surface area is 378 Å². The second-order valence-corrected chi connectivity index (χ2v) is 15.1. The molecule has 1 radical (unpaired) electrons. The Hall–Kier alpha value is -6.16. The van der Waals surface area contributed by atoms with Crippen molar-refractivity contribution in [2.75, 3.05) is 0 Å². The molecule has 8 bridgehead atoms. The molecule has 3 aromatic heterocycles. The van der Waals surface area contributed by atoms with Gasteiger partial charge in [0.05, 0.1) is 22.8 Å². The Morgan fingerprint density at radius 2 is 0.705 bits per heavy atom. The van der Waals surface area contributed by atoms with Crippen LogP contribution in [-0.2, 0) is 17.1 Å². The average molecular weight is 919 g/mol. The second kappa shape index (κ2) is 17.1. The number of halogens is 4. The van der Waals surface area contributed by atoms with E-state index in [1.807, 2.05) is 48.6 Å². The van der Waals surface area contributed by atoms with Gasteiger partial charge in [0.15, 0.2) is 0 Å². The van der Waals surface area contributed by atoms with Gasteiger partial charge in [0.1, 0.15) is 0 Å². The van der Waals surface area contributed by atoms with Crippen molar-refractivity contribution in [3.8, 4) is 44.5 Å². The van der Waals surface area contributed by atoms with E-state index in [9.17, 15) is 19.2 Å². The van der Waals surface area contributed by atoms with Crippen molar-refractivity contribution >= 4 is 114 Å². The molecule has 61 heavy (non-hydrogen) atoms. The van der Waals surface area contributed by atoms with Gasteiger partial charge in [-0.3, -0.25) is 19.2 Å². The first-order valence-electron chi connectivity index (χ1n) is 18.3. The number of H-pyrrole nitrogens is 2. The minimum absolute atomic E-state index is 0. The summed E-state index contributed by atoms with van der Waals surface area (Å²) in [6.07, 6.45) is 7.26. The van der Waals surface area contributed by atoms with Crippen molar-refractivity contribution in [3.63, 3.8) is 0 Å². The van der Waals surface area contributed by atoms with Crippen molar-refractivity contribution in [2.24, 2.45) is 0 Å². The number of aromatic nitrogens is 4. The standard InChI is InChI=1S/C48H25Cl4N4O4.Mn/c49-45(57)29-13-5-1-9-25(29)41-33-17-19-35(53-33)42(26-10-2-6-14-30(26)46(50)58)37-21-23-39(55-37)44(28-12-4-8-16-32(28)48(52)60)40-24-22-38(56-40)43(36-20-18-34(41)54-36)27-11-3-7-15-31(27)47(51)59;/h1-3,5-24,53,56H;/q-1;. The van der Waals surface area contributed by atoms with Gasteiger partial charge in [0.2, 0.25) is 5.24 Å². The number of carbonyl (C=O) groups excluding carboxylic acids is 4. The largest absolute Gasteiger partial charge is 0.355 e. The SMILES string of the molecule is O=C(Cl)c1cc[c-]cc1-c1c2nc(c(-c3ccccc3C(=O)Cl)c3ccc([nH]3)c(-c3ccccc3C(=O)Cl)c3nc(c(-c4ccccc4C(=O)Cl)c4ccc1[nH]4)C=C3)C=C2.[Mn]. The van der Waals surface area contributed by atoms with Crippen LogP contribution in [-0.4, -0.2) is 40.9 Å². The van der Waals surface area contributed by atoms with Crippen molar-refractivity contribution in [2.45, 2.75) is 0 Å². The first-order chi connectivity index (χ1) is 29.1. The average Bonchev–Trinajstić information content (AvgIpc) is 4.09. The van der Waals surface area contributed by atoms with E-state index < -0.39 is 21.0 Å². The molecule has 0 fully saturated rings. The number of hydrogen-bond acceptors (Lipinski definition) is 6. The first-order valence-corrected chi connectivity index (χ1v) is 19.8. The zero-order valence-electron chi connectivity index (χ0n) is 31.2. The third-order valence-electron chi connectivity index (χ3n) is 10.3. The predicted octanol–water partition coefficient (Wildman–Crippen LogP) is 12.6. The van der Waals surface area contributed by atoms with E-state index in [1.54, 1.807) is 91.0 Å². The Bertz CT molecular complexity index is 2840. The Morgan fingerprint density at radius 3 is 1.03 bits per heavy atom. The van der Waals surface area contributed by atoms with Crippen molar-refractivity contribution in [3.05, 3.63) is 166 Å². The maximum absolute atomic E-state index is 13.0. The number of fused-ring (bicyclic) bond motifs is 8. The predicted molar refractivity (Wildman–Crippen MR) is 240 cm³/mol. The summed E-state index contributed by atoms with van der Waals surface area (Å²) < 4.78 is 0. The fourth-order valence-electron chi connectivity index (χ4n) is 7.77. The molecule has 0 atom stereocenters. The molecule has 297 valence electrons. The second-order valence-electron chi connectivity index (χ2n) is 13.7. The molecule has 9 rings (SSSR count). The maximum atomic E-state index is 13.0. The van der Waals surface area contributed by atoms with Crippen LogP contribution in [0.5, 0.6) is 0 Å². The molecular weight excluding hydrogens is 893 g/mol. The first kappa shape index (κ1) is 41.6. The summed E-state index contributed by atoms with van der Waals surface area (Å²) in [5.41, 5.74) is 9.15. The van der Waals surface area contributed by atoms with E-state index in [2.05, 4.69) is 16.0 Å². The molecule has 0 unspecified atom stereocenters. The zero-order chi connectivity index (χ0) is 41.7. The minimum atomic E-state index is -0.683. The molecule has 0 saturated carbocycles. The van der Waals surface area contributed by atoms with Gasteiger partial charge >= 0.3 is 0 Å². The van der Waals surface area contributed by atoms with Gasteiger partial charge in [-0.15, -0.1) is 5.56 Å². The van der Waals surface area contributed by atoms with E-state index in [0.29, 0.717) is 89.4 Å². The minimum Gasteiger partial charge on any atom is -0.355 e. The summed E-state index contributed by atoms with van der Waals surface area (Å²) in [6, 6.07) is 36.2. The molecule has 8 nitrogen and oxygen atoms in total. The Balaban J connectivity index is 0.00000514. The molecule has 2 aliphatic heterocycles. The van der Waals surface area contributed by atoms with Crippen LogP contribution < -0.4 is 0 Å². The molecule has 0 saturated heterocycles. The number of carbonyl (C=O) groups is 4. The van der Waals surface area contributed by atoms with E-state index in [1.165, 1.54) is 0 Å². The van der Waals surface area contributed by atoms with E-state index >= 15 is 0 Å². The van der Waals surface area contributed by atoms with Crippen LogP contribution in [0.4, 0.5) is 0 Å². The Kier molecular flexibility index (Phi) is 11.6. The summed E-state index contributed by atoms with van der Waals surface area (Å²) in [5.74, 6) is 0. The van der Waals surface area contributed by atoms with E-state index in [4.69, 9.17) is 56.4 Å². The number of nitrogens with zero attached hydrogens (tertiary/aromatic N) is 2. The molecule has 0 aliphatic carbocycles. The third-order valence-corrected chi connectivity index (χ3v) is 11.1. The number of nitrogens with one attached hydrogen (secondary N) is 2. The molecule has 5 heterocycles. The smallest absolute Gasteiger partial charge is 0.253 e. The summed E-state index contributed by atoms with van der Waals surface area (Å²) in [4.78, 5) is 69.2. The van der Waals surface area contributed by atoms with Crippen LogP contribution in [0.3, 0.4) is 0 Å². The van der Waals surface area contributed by atoms with Gasteiger partial charge in [-0.25, -0.2) is 9.97 Å². The van der Waals surface area contributed by atoms with Gasteiger partial charge < -0.3 is 9.97 Å². The normalized spacial score (nSPS) is 11.6. The fraction of sp³-hybridized carbons (Fsp3) is 0. The molecule has 4 aromatic carbocycles. The van der Waals surface area contributed by atoms with Crippen LogP contribution in [0.2, 0.25) is 0 Å². The topological polar surface area (TPSA) is 126 Å². The summed E-state index contributed by atoms with van der Waals surface area (Å²) >= 11 is 24.8. The zero-order valence-corrected chi connectivity index (χ0v) is 35.4. The molecule has 0 spiro atoms. The van der Waals surface area contributed by atoms with Gasteiger partial charge in [-0.05, 0) is 135 Å². The third kappa shape index (κ3) is 7.62. The molecule has 0 amide bonds. The van der Waals surface area contributed by atoms with Crippen molar-refractivity contribution in [1.82, 2.24) is 19.9 Å². The van der Waals surface area contributed by atoms with Gasteiger partial charge in [0, 0.05) is 72.5 Å². The van der Waals surface area contributed by atoms with Gasteiger partial charge in [0.25, 0.3) is 15.7 Å². The van der Waals surface area contributed by atoms with Crippen LogP contribution in [0.25, 0.3) is 90.9 Å². The van der Waals surface area contributed by atoms with Crippen molar-refractivity contribution < 1.29 is 36.2 Å². The molecule has 2 N–H and O–H groups in total. The number of aromatic amines is 2. The Morgan fingerprint density at radius 1 is 0.410 bits per heavy atom. The summed E-state index contributed by atoms with van der Waals surface area (Å²) in [7, 11) is 0.